The predicted octanol–water partition coefficient (Wildman–Crippen LogP) is 1.66. The zero-order valence-electron chi connectivity index (χ0n) is 8.49. The number of para-hydroxylation sites is 2. The Balaban J connectivity index is 2.27. The van der Waals surface area contributed by atoms with Crippen molar-refractivity contribution in [3.8, 4) is 0 Å². The number of aliphatic hydroxyl groups is 1. The molecule has 76 valence electrons. The third kappa shape index (κ3) is 1.55. The standard InChI is InChI=1S/C11H16N2O/c1-7-11(8(2)14)13-10-6-4-3-5-9(10)12-7/h3-8,11-14H,1-2H3. The molecule has 3 heteroatoms. The molecule has 1 aliphatic rings. The Bertz CT molecular complexity index is 325. The van der Waals surface area contributed by atoms with E-state index in [9.17, 15) is 5.11 Å². The van der Waals surface area contributed by atoms with Crippen molar-refractivity contribution >= 4 is 11.4 Å². The molecule has 1 aliphatic heterocycles. The first-order valence-corrected chi connectivity index (χ1v) is 4.98. The van der Waals surface area contributed by atoms with Gasteiger partial charge < -0.3 is 15.7 Å². The number of benzene rings is 1. The number of aliphatic hydroxyl groups excluding tert-OH is 1. The topological polar surface area (TPSA) is 44.3 Å². The first kappa shape index (κ1) is 9.34. The molecule has 3 N–H and O–H groups in total. The predicted molar refractivity (Wildman–Crippen MR) is 58.6 cm³/mol. The van der Waals surface area contributed by atoms with Crippen molar-refractivity contribution in [3.05, 3.63) is 24.3 Å². The van der Waals surface area contributed by atoms with Gasteiger partial charge in [0, 0.05) is 6.04 Å². The fourth-order valence-corrected chi connectivity index (χ4v) is 1.91. The Hall–Kier alpha value is -1.22. The molecule has 14 heavy (non-hydrogen) atoms. The van der Waals surface area contributed by atoms with E-state index in [0.717, 1.165) is 11.4 Å². The number of anilines is 2. The second-order valence-corrected chi connectivity index (χ2v) is 3.89. The third-order valence-corrected chi connectivity index (χ3v) is 2.69. The molecule has 0 fully saturated rings. The van der Waals surface area contributed by atoms with Crippen molar-refractivity contribution in [3.63, 3.8) is 0 Å². The van der Waals surface area contributed by atoms with Gasteiger partial charge in [-0.1, -0.05) is 12.1 Å². The lowest BCUT2D eigenvalue weighted by atomic mass is 10.0. The summed E-state index contributed by atoms with van der Waals surface area (Å²) in [7, 11) is 0. The van der Waals surface area contributed by atoms with Crippen molar-refractivity contribution in [2.45, 2.75) is 32.0 Å². The van der Waals surface area contributed by atoms with Crippen molar-refractivity contribution in [1.29, 1.82) is 0 Å². The van der Waals surface area contributed by atoms with E-state index in [4.69, 9.17) is 0 Å². The average Bonchev–Trinajstić information content (AvgIpc) is 2.16. The van der Waals surface area contributed by atoms with E-state index in [1.165, 1.54) is 0 Å². The Morgan fingerprint density at radius 3 is 2.36 bits per heavy atom. The number of nitrogens with one attached hydrogen (secondary N) is 2. The summed E-state index contributed by atoms with van der Waals surface area (Å²) < 4.78 is 0. The van der Waals surface area contributed by atoms with Gasteiger partial charge in [0.2, 0.25) is 0 Å². The summed E-state index contributed by atoms with van der Waals surface area (Å²) >= 11 is 0. The Morgan fingerprint density at radius 1 is 1.21 bits per heavy atom. The van der Waals surface area contributed by atoms with Gasteiger partial charge >= 0.3 is 0 Å². The van der Waals surface area contributed by atoms with Crippen LogP contribution in [0.5, 0.6) is 0 Å². The van der Waals surface area contributed by atoms with Crippen LogP contribution in [0.2, 0.25) is 0 Å². The lowest BCUT2D eigenvalue weighted by Crippen LogP contribution is -2.47. The molecule has 0 aliphatic carbocycles. The van der Waals surface area contributed by atoms with E-state index in [1.54, 1.807) is 0 Å². The largest absolute Gasteiger partial charge is 0.391 e. The zero-order valence-corrected chi connectivity index (χ0v) is 8.49. The molecule has 0 aromatic heterocycles. The molecular formula is C11H16N2O. The molecule has 1 aromatic rings. The second kappa shape index (κ2) is 3.50. The summed E-state index contributed by atoms with van der Waals surface area (Å²) in [6, 6.07) is 8.36. The van der Waals surface area contributed by atoms with Gasteiger partial charge in [-0.3, -0.25) is 0 Å². The van der Waals surface area contributed by atoms with Gasteiger partial charge in [-0.25, -0.2) is 0 Å². The molecule has 0 saturated carbocycles. The summed E-state index contributed by atoms with van der Waals surface area (Å²) in [5, 5.41) is 16.3. The lowest BCUT2D eigenvalue weighted by Gasteiger charge is -2.35. The minimum absolute atomic E-state index is 0.0740. The van der Waals surface area contributed by atoms with Gasteiger partial charge in [-0.2, -0.15) is 0 Å². The minimum Gasteiger partial charge on any atom is -0.391 e. The molecular weight excluding hydrogens is 176 g/mol. The van der Waals surface area contributed by atoms with Crippen molar-refractivity contribution in [1.82, 2.24) is 0 Å². The number of hydrogen-bond acceptors (Lipinski definition) is 3. The van der Waals surface area contributed by atoms with E-state index in [1.807, 2.05) is 31.2 Å². The van der Waals surface area contributed by atoms with Crippen molar-refractivity contribution in [2.24, 2.45) is 0 Å². The van der Waals surface area contributed by atoms with Gasteiger partial charge in [-0.05, 0) is 26.0 Å². The molecule has 0 bridgehead atoms. The van der Waals surface area contributed by atoms with E-state index in [-0.39, 0.29) is 18.2 Å². The van der Waals surface area contributed by atoms with E-state index in [2.05, 4.69) is 17.6 Å². The number of fused-ring (bicyclic) bond motifs is 1. The molecule has 3 atom stereocenters. The molecule has 0 amide bonds. The third-order valence-electron chi connectivity index (χ3n) is 2.69. The van der Waals surface area contributed by atoms with Crippen LogP contribution in [0.15, 0.2) is 24.3 Å². The molecule has 3 nitrogen and oxygen atoms in total. The average molecular weight is 192 g/mol. The van der Waals surface area contributed by atoms with E-state index >= 15 is 0 Å². The maximum atomic E-state index is 9.57. The maximum Gasteiger partial charge on any atom is 0.0733 e. The van der Waals surface area contributed by atoms with Crippen LogP contribution in [0.3, 0.4) is 0 Å². The van der Waals surface area contributed by atoms with Crippen LogP contribution in [-0.4, -0.2) is 23.3 Å². The fraction of sp³-hybridized carbons (Fsp3) is 0.455. The van der Waals surface area contributed by atoms with E-state index < -0.39 is 0 Å². The number of rotatable bonds is 1. The quantitative estimate of drug-likeness (QED) is 0.634. The highest BCUT2D eigenvalue weighted by Gasteiger charge is 2.26. The van der Waals surface area contributed by atoms with Crippen LogP contribution in [0.4, 0.5) is 11.4 Å². The van der Waals surface area contributed by atoms with Gasteiger partial charge in [0.05, 0.1) is 23.5 Å². The van der Waals surface area contributed by atoms with Crippen LogP contribution < -0.4 is 10.6 Å². The van der Waals surface area contributed by atoms with Crippen LogP contribution >= 0.6 is 0 Å². The highest BCUT2D eigenvalue weighted by Crippen LogP contribution is 2.28. The van der Waals surface area contributed by atoms with Crippen LogP contribution in [-0.2, 0) is 0 Å². The van der Waals surface area contributed by atoms with Gasteiger partial charge in [-0.15, -0.1) is 0 Å². The molecule has 1 heterocycles. The lowest BCUT2D eigenvalue weighted by molar-refractivity contribution is 0.164. The highest BCUT2D eigenvalue weighted by molar-refractivity contribution is 5.71. The summed E-state index contributed by atoms with van der Waals surface area (Å²) in [6.45, 7) is 3.88. The molecule has 2 rings (SSSR count). The first-order valence-electron chi connectivity index (χ1n) is 4.98. The van der Waals surface area contributed by atoms with E-state index in [0.29, 0.717) is 0 Å². The molecule has 3 unspecified atom stereocenters. The van der Waals surface area contributed by atoms with Crippen molar-refractivity contribution in [2.75, 3.05) is 10.6 Å². The zero-order chi connectivity index (χ0) is 10.1. The molecule has 0 saturated heterocycles. The smallest absolute Gasteiger partial charge is 0.0733 e. The van der Waals surface area contributed by atoms with Crippen molar-refractivity contribution < 1.29 is 5.11 Å². The normalized spacial score (nSPS) is 27.1. The Kier molecular flexibility index (Phi) is 2.33. The number of hydrogen-bond donors (Lipinski definition) is 3. The summed E-state index contributed by atoms with van der Waals surface area (Å²) in [6.07, 6.45) is -0.356. The summed E-state index contributed by atoms with van der Waals surface area (Å²) in [5.41, 5.74) is 2.17. The SMILES string of the molecule is CC(O)C1Nc2ccccc2NC1C. The summed E-state index contributed by atoms with van der Waals surface area (Å²) in [5.74, 6) is 0. The Morgan fingerprint density at radius 2 is 1.79 bits per heavy atom. The van der Waals surface area contributed by atoms with Gasteiger partial charge in [0.25, 0.3) is 0 Å². The van der Waals surface area contributed by atoms with Gasteiger partial charge in [0.1, 0.15) is 0 Å². The van der Waals surface area contributed by atoms with Crippen LogP contribution in [0.1, 0.15) is 13.8 Å². The molecule has 1 aromatic carbocycles. The van der Waals surface area contributed by atoms with Crippen LogP contribution in [0.25, 0.3) is 0 Å². The molecule has 0 radical (unpaired) electrons. The Labute approximate surface area is 84.1 Å². The summed E-state index contributed by atoms with van der Waals surface area (Å²) in [4.78, 5) is 0. The highest BCUT2D eigenvalue weighted by atomic mass is 16.3. The maximum absolute atomic E-state index is 9.57. The first-order chi connectivity index (χ1) is 6.68. The molecule has 0 spiro atoms. The second-order valence-electron chi connectivity index (χ2n) is 3.89. The monoisotopic (exact) mass is 192 g/mol. The van der Waals surface area contributed by atoms with Crippen LogP contribution in [0, 0.1) is 0 Å². The fourth-order valence-electron chi connectivity index (χ4n) is 1.91. The minimum atomic E-state index is -0.356. The van der Waals surface area contributed by atoms with Gasteiger partial charge in [0.15, 0.2) is 0 Å².